The second-order valence-corrected chi connectivity index (χ2v) is 10.8. The first-order chi connectivity index (χ1) is 13.4. The Hall–Kier alpha value is -1.94. The second-order valence-electron chi connectivity index (χ2n) is 8.37. The van der Waals surface area contributed by atoms with Crippen LogP contribution < -0.4 is 4.72 Å². The van der Waals surface area contributed by atoms with Crippen LogP contribution >= 0.6 is 0 Å². The summed E-state index contributed by atoms with van der Waals surface area (Å²) in [6.07, 6.45) is 0.478. The van der Waals surface area contributed by atoms with Crippen molar-refractivity contribution in [2.24, 2.45) is 0 Å². The zero-order valence-electron chi connectivity index (χ0n) is 16.5. The third-order valence-electron chi connectivity index (χ3n) is 5.18. The van der Waals surface area contributed by atoms with Crippen LogP contribution in [0.3, 0.4) is 0 Å². The lowest BCUT2D eigenvalue weighted by molar-refractivity contribution is -0.140. The number of halogens is 3. The number of nitrogens with zero attached hydrogens (tertiary/aromatic N) is 2. The molecular weight excluding hydrogens is 405 g/mol. The Bertz CT molecular complexity index is 942. The van der Waals surface area contributed by atoms with Crippen molar-refractivity contribution in [3.63, 3.8) is 0 Å². The van der Waals surface area contributed by atoms with Crippen LogP contribution in [0.1, 0.15) is 63.9 Å². The monoisotopic (exact) mass is 430 g/mol. The van der Waals surface area contributed by atoms with Gasteiger partial charge in [0.05, 0.1) is 4.75 Å². The van der Waals surface area contributed by atoms with Gasteiger partial charge in [-0.05, 0) is 58.6 Å². The molecule has 0 aliphatic heterocycles. The highest BCUT2D eigenvalue weighted by Crippen LogP contribution is 2.39. The standard InChI is InChI=1S/C19H25F3N4O2S/c1-18(2,3)29(27,28)26-14-8-6-12(7-9-14)17-24-15(13-5-4-10-23-11-13)16(25-17)19(20,21)22/h4-5,10-12,14,26H,6-9H2,1-3H3,(H,24,25). The minimum absolute atomic E-state index is 0.156. The van der Waals surface area contributed by atoms with Gasteiger partial charge in [-0.3, -0.25) is 4.98 Å². The van der Waals surface area contributed by atoms with E-state index >= 15 is 0 Å². The summed E-state index contributed by atoms with van der Waals surface area (Å²) in [6, 6.07) is 2.89. The lowest BCUT2D eigenvalue weighted by Crippen LogP contribution is -2.45. The maximum atomic E-state index is 13.5. The number of alkyl halides is 3. The van der Waals surface area contributed by atoms with Crippen LogP contribution in [0.4, 0.5) is 13.2 Å². The van der Waals surface area contributed by atoms with Crippen LogP contribution in [0, 0.1) is 0 Å². The summed E-state index contributed by atoms with van der Waals surface area (Å²) in [7, 11) is -3.47. The number of H-pyrrole nitrogens is 1. The molecule has 0 radical (unpaired) electrons. The fourth-order valence-corrected chi connectivity index (χ4v) is 4.41. The predicted molar refractivity (Wildman–Crippen MR) is 104 cm³/mol. The average molecular weight is 430 g/mol. The van der Waals surface area contributed by atoms with E-state index < -0.39 is 26.6 Å². The van der Waals surface area contributed by atoms with E-state index in [1.54, 1.807) is 32.9 Å². The second kappa shape index (κ2) is 7.71. The Morgan fingerprint density at radius 1 is 1.14 bits per heavy atom. The summed E-state index contributed by atoms with van der Waals surface area (Å²) < 4.78 is 67.0. The molecule has 0 atom stereocenters. The van der Waals surface area contributed by atoms with E-state index in [0.29, 0.717) is 31.2 Å². The Kier molecular flexibility index (Phi) is 5.79. The summed E-state index contributed by atoms with van der Waals surface area (Å²) >= 11 is 0. The molecule has 0 bridgehead atoms. The zero-order chi connectivity index (χ0) is 21.4. The van der Waals surface area contributed by atoms with Gasteiger partial charge in [0.15, 0.2) is 0 Å². The molecule has 1 fully saturated rings. The highest BCUT2D eigenvalue weighted by molar-refractivity contribution is 7.90. The van der Waals surface area contributed by atoms with Gasteiger partial charge in [0.25, 0.3) is 0 Å². The van der Waals surface area contributed by atoms with Crippen molar-refractivity contribution in [1.82, 2.24) is 19.7 Å². The molecule has 1 saturated carbocycles. The van der Waals surface area contributed by atoms with E-state index in [9.17, 15) is 21.6 Å². The average Bonchev–Trinajstić information content (AvgIpc) is 3.08. The molecule has 0 amide bonds. The maximum absolute atomic E-state index is 13.5. The van der Waals surface area contributed by atoms with Crippen molar-refractivity contribution >= 4 is 10.0 Å². The molecule has 2 aromatic heterocycles. The molecule has 3 rings (SSSR count). The molecule has 0 spiro atoms. The maximum Gasteiger partial charge on any atom is 0.433 e. The highest BCUT2D eigenvalue weighted by atomic mass is 32.2. The Morgan fingerprint density at radius 2 is 1.79 bits per heavy atom. The summed E-state index contributed by atoms with van der Waals surface area (Å²) in [4.78, 5) is 10.6. The molecule has 1 aliphatic carbocycles. The lowest BCUT2D eigenvalue weighted by Gasteiger charge is -2.30. The number of pyridine rings is 1. The largest absolute Gasteiger partial charge is 0.433 e. The lowest BCUT2D eigenvalue weighted by atomic mass is 9.86. The van der Waals surface area contributed by atoms with Gasteiger partial charge in [-0.1, -0.05) is 0 Å². The molecule has 160 valence electrons. The van der Waals surface area contributed by atoms with Crippen molar-refractivity contribution < 1.29 is 21.6 Å². The summed E-state index contributed by atoms with van der Waals surface area (Å²) in [5, 5.41) is 0. The number of nitrogens with one attached hydrogen (secondary N) is 2. The molecule has 0 saturated heterocycles. The highest BCUT2D eigenvalue weighted by Gasteiger charge is 2.39. The van der Waals surface area contributed by atoms with Crippen molar-refractivity contribution in [3.8, 4) is 11.3 Å². The number of hydrogen-bond donors (Lipinski definition) is 2. The normalized spacial score (nSPS) is 21.3. The van der Waals surface area contributed by atoms with Crippen LogP contribution in [0.5, 0.6) is 0 Å². The number of sulfonamides is 1. The van der Waals surface area contributed by atoms with E-state index in [2.05, 4.69) is 19.7 Å². The Balaban J connectivity index is 1.77. The van der Waals surface area contributed by atoms with Crippen LogP contribution in [0.2, 0.25) is 0 Å². The van der Waals surface area contributed by atoms with Crippen LogP contribution in [-0.4, -0.2) is 34.2 Å². The number of hydrogen-bond acceptors (Lipinski definition) is 4. The summed E-state index contributed by atoms with van der Waals surface area (Å²) in [5.41, 5.74) is -0.735. The van der Waals surface area contributed by atoms with E-state index in [1.807, 2.05) is 0 Å². The molecule has 10 heteroatoms. The zero-order valence-corrected chi connectivity index (χ0v) is 17.4. The van der Waals surface area contributed by atoms with Gasteiger partial charge in [0.1, 0.15) is 17.2 Å². The molecule has 2 heterocycles. The molecule has 0 aromatic carbocycles. The fourth-order valence-electron chi connectivity index (χ4n) is 3.38. The van der Waals surface area contributed by atoms with Gasteiger partial charge in [-0.2, -0.15) is 13.2 Å². The van der Waals surface area contributed by atoms with Gasteiger partial charge < -0.3 is 4.98 Å². The van der Waals surface area contributed by atoms with Gasteiger partial charge in [-0.25, -0.2) is 18.1 Å². The first-order valence-corrected chi connectivity index (χ1v) is 11.0. The molecule has 2 N–H and O–H groups in total. The summed E-state index contributed by atoms with van der Waals surface area (Å²) in [6.45, 7) is 4.88. The minimum Gasteiger partial charge on any atom is -0.338 e. The van der Waals surface area contributed by atoms with E-state index in [4.69, 9.17) is 0 Å². The molecule has 29 heavy (non-hydrogen) atoms. The van der Waals surface area contributed by atoms with Crippen LogP contribution in [-0.2, 0) is 16.2 Å². The Morgan fingerprint density at radius 3 is 2.31 bits per heavy atom. The summed E-state index contributed by atoms with van der Waals surface area (Å²) in [5.74, 6) is 0.102. The number of rotatable bonds is 4. The number of aromatic nitrogens is 3. The first kappa shape index (κ1) is 21.8. The van der Waals surface area contributed by atoms with E-state index in [-0.39, 0.29) is 23.5 Å². The van der Waals surface area contributed by atoms with Crippen molar-refractivity contribution in [2.75, 3.05) is 0 Å². The van der Waals surface area contributed by atoms with Crippen LogP contribution in [0.25, 0.3) is 11.3 Å². The quantitative estimate of drug-likeness (QED) is 0.760. The van der Waals surface area contributed by atoms with Crippen molar-refractivity contribution in [2.45, 2.75) is 69.3 Å². The number of aromatic amines is 1. The van der Waals surface area contributed by atoms with Crippen LogP contribution in [0.15, 0.2) is 24.5 Å². The number of imidazole rings is 1. The SMILES string of the molecule is CC(C)(C)S(=O)(=O)NC1CCC(c2nc(-c3cccnc3)c(C(F)(F)F)[nH]2)CC1. The topological polar surface area (TPSA) is 87.7 Å². The fraction of sp³-hybridized carbons (Fsp3) is 0.579. The predicted octanol–water partition coefficient (Wildman–Crippen LogP) is 4.23. The van der Waals surface area contributed by atoms with E-state index in [0.717, 1.165) is 0 Å². The van der Waals surface area contributed by atoms with Gasteiger partial charge in [0, 0.05) is 29.9 Å². The van der Waals surface area contributed by atoms with Gasteiger partial charge in [-0.15, -0.1) is 0 Å². The van der Waals surface area contributed by atoms with Crippen molar-refractivity contribution in [3.05, 3.63) is 36.0 Å². The van der Waals surface area contributed by atoms with Gasteiger partial charge >= 0.3 is 6.18 Å². The third kappa shape index (κ3) is 4.80. The molecule has 1 aliphatic rings. The molecule has 2 aromatic rings. The van der Waals surface area contributed by atoms with E-state index in [1.165, 1.54) is 12.4 Å². The minimum atomic E-state index is -4.56. The molecule has 6 nitrogen and oxygen atoms in total. The smallest absolute Gasteiger partial charge is 0.338 e. The molecule has 0 unspecified atom stereocenters. The third-order valence-corrected chi connectivity index (χ3v) is 7.44. The molecular formula is C19H25F3N4O2S. The van der Waals surface area contributed by atoms with Crippen molar-refractivity contribution in [1.29, 1.82) is 0 Å². The Labute approximate surface area is 168 Å². The van der Waals surface area contributed by atoms with Gasteiger partial charge in [0.2, 0.25) is 10.0 Å². The first-order valence-electron chi connectivity index (χ1n) is 9.48.